The Bertz CT molecular complexity index is 1060. The minimum atomic E-state index is -4.79. The number of nitrogens with zero attached hydrogens (tertiary/aromatic N) is 3. The fourth-order valence-corrected chi connectivity index (χ4v) is 4.80. The fraction of sp³-hybridized carbons (Fsp3) is 0.583. The number of aromatic amines is 1. The lowest BCUT2D eigenvalue weighted by atomic mass is 9.93. The molecule has 2 aromatic heterocycles. The smallest absolute Gasteiger partial charge is 0.423 e. The molecule has 0 unspecified atom stereocenters. The van der Waals surface area contributed by atoms with E-state index in [0.29, 0.717) is 25.3 Å². The van der Waals surface area contributed by atoms with E-state index in [0.717, 1.165) is 31.9 Å². The van der Waals surface area contributed by atoms with E-state index in [9.17, 15) is 22.8 Å². The van der Waals surface area contributed by atoms with Gasteiger partial charge in [-0.3, -0.25) is 9.59 Å². The van der Waals surface area contributed by atoms with Crippen LogP contribution in [0.15, 0.2) is 35.4 Å². The molecule has 2 fully saturated rings. The van der Waals surface area contributed by atoms with Gasteiger partial charge in [0.05, 0.1) is 31.1 Å². The van der Waals surface area contributed by atoms with Gasteiger partial charge in [0.15, 0.2) is 0 Å². The van der Waals surface area contributed by atoms with Crippen LogP contribution in [0.25, 0.3) is 0 Å². The summed E-state index contributed by atoms with van der Waals surface area (Å²) in [4.78, 5) is 29.8. The van der Waals surface area contributed by atoms with Crippen molar-refractivity contribution in [2.75, 3.05) is 24.7 Å². The number of carbonyl (C=O) groups excluding carboxylic acids is 1. The predicted octanol–water partition coefficient (Wildman–Crippen LogP) is 3.07. The van der Waals surface area contributed by atoms with Gasteiger partial charge in [-0.1, -0.05) is 6.07 Å². The number of alkyl halides is 3. The van der Waals surface area contributed by atoms with Crippen molar-refractivity contribution in [3.8, 4) is 5.88 Å². The van der Waals surface area contributed by atoms with E-state index in [1.165, 1.54) is 4.90 Å². The molecule has 1 atom stereocenters. The number of halogens is 3. The molecule has 1 aliphatic heterocycles. The zero-order chi connectivity index (χ0) is 25.5. The van der Waals surface area contributed by atoms with Crippen molar-refractivity contribution in [3.63, 3.8) is 0 Å². The molecule has 12 heteroatoms. The lowest BCUT2D eigenvalue weighted by molar-refractivity contribution is -0.138. The van der Waals surface area contributed by atoms with Gasteiger partial charge in [-0.25, -0.2) is 10.1 Å². The number of hydrogen-bond donors (Lipinski definition) is 2. The van der Waals surface area contributed by atoms with E-state index in [1.807, 2.05) is 23.3 Å². The molecule has 4 rings (SSSR count). The van der Waals surface area contributed by atoms with Crippen LogP contribution < -0.4 is 20.5 Å². The largest absolute Gasteiger partial charge is 0.474 e. The van der Waals surface area contributed by atoms with Crippen molar-refractivity contribution in [3.05, 3.63) is 46.5 Å². The maximum absolute atomic E-state index is 13.4. The van der Waals surface area contributed by atoms with Gasteiger partial charge in [0.25, 0.3) is 5.56 Å². The number of amides is 1. The number of anilines is 1. The Morgan fingerprint density at radius 3 is 2.72 bits per heavy atom. The maximum atomic E-state index is 13.4. The summed E-state index contributed by atoms with van der Waals surface area (Å²) in [6, 6.07) is 5.28. The summed E-state index contributed by atoms with van der Waals surface area (Å²) in [6.45, 7) is 0.691. The van der Waals surface area contributed by atoms with Gasteiger partial charge < -0.3 is 19.7 Å². The molecule has 196 valence electrons. The van der Waals surface area contributed by atoms with Gasteiger partial charge in [0, 0.05) is 31.3 Å². The quantitative estimate of drug-likeness (QED) is 0.500. The Labute approximate surface area is 206 Å². The monoisotopic (exact) mass is 509 g/mol. The first-order valence-corrected chi connectivity index (χ1v) is 12.2. The normalized spacial score (nSPS) is 22.4. The number of pyridine rings is 1. The summed E-state index contributed by atoms with van der Waals surface area (Å²) in [6.07, 6.45) is 2.75. The third kappa shape index (κ3) is 6.74. The molecule has 1 saturated heterocycles. The maximum Gasteiger partial charge on any atom is 0.423 e. The van der Waals surface area contributed by atoms with Crippen molar-refractivity contribution in [2.24, 2.45) is 0 Å². The highest BCUT2D eigenvalue weighted by Gasteiger charge is 2.40. The van der Waals surface area contributed by atoms with Crippen molar-refractivity contribution in [2.45, 2.75) is 69.3 Å². The summed E-state index contributed by atoms with van der Waals surface area (Å²) in [5, 5.41) is 8.44. The average Bonchev–Trinajstić information content (AvgIpc) is 3.31. The molecule has 9 nitrogen and oxygen atoms in total. The van der Waals surface area contributed by atoms with Crippen LogP contribution in [0.2, 0.25) is 0 Å². The lowest BCUT2D eigenvalue weighted by Crippen LogP contribution is -2.40. The third-order valence-electron chi connectivity index (χ3n) is 6.55. The van der Waals surface area contributed by atoms with Crippen LogP contribution in [0.5, 0.6) is 5.88 Å². The highest BCUT2D eigenvalue weighted by molar-refractivity contribution is 5.76. The fourth-order valence-electron chi connectivity index (χ4n) is 4.80. The van der Waals surface area contributed by atoms with Crippen LogP contribution in [-0.4, -0.2) is 59.0 Å². The summed E-state index contributed by atoms with van der Waals surface area (Å²) in [5.41, 5.74) is -2.75. The summed E-state index contributed by atoms with van der Waals surface area (Å²) < 4.78 is 51.8. The van der Waals surface area contributed by atoms with Gasteiger partial charge in [-0.05, 0) is 44.6 Å². The van der Waals surface area contributed by atoms with E-state index >= 15 is 0 Å². The number of ether oxygens (including phenoxy) is 2. The first kappa shape index (κ1) is 25.9. The second-order valence-corrected chi connectivity index (χ2v) is 9.10. The van der Waals surface area contributed by atoms with E-state index in [4.69, 9.17) is 9.47 Å². The molecule has 3 heterocycles. The molecule has 36 heavy (non-hydrogen) atoms. The first-order chi connectivity index (χ1) is 17.3. The Morgan fingerprint density at radius 1 is 1.19 bits per heavy atom. The van der Waals surface area contributed by atoms with Crippen LogP contribution in [0.4, 0.5) is 18.9 Å². The van der Waals surface area contributed by atoms with E-state index in [1.54, 1.807) is 6.20 Å². The Balaban J connectivity index is 1.18. The van der Waals surface area contributed by atoms with Crippen molar-refractivity contribution < 1.29 is 27.4 Å². The third-order valence-corrected chi connectivity index (χ3v) is 6.55. The van der Waals surface area contributed by atoms with Crippen molar-refractivity contribution in [1.82, 2.24) is 20.5 Å². The molecule has 0 aromatic carbocycles. The molecule has 1 saturated carbocycles. The summed E-state index contributed by atoms with van der Waals surface area (Å²) in [7, 11) is 0. The molecule has 0 bridgehead atoms. The molecule has 1 amide bonds. The lowest BCUT2D eigenvalue weighted by Gasteiger charge is -2.29. The van der Waals surface area contributed by atoms with E-state index < -0.39 is 17.3 Å². The first-order valence-electron chi connectivity index (χ1n) is 12.2. The van der Waals surface area contributed by atoms with Crippen LogP contribution in [0.3, 0.4) is 0 Å². The molecule has 2 aromatic rings. The van der Waals surface area contributed by atoms with Gasteiger partial charge in [-0.15, -0.1) is 0 Å². The number of carbonyl (C=O) groups is 1. The van der Waals surface area contributed by atoms with Crippen LogP contribution in [0, 0.1) is 0 Å². The summed E-state index contributed by atoms with van der Waals surface area (Å²) >= 11 is 0. The highest BCUT2D eigenvalue weighted by Crippen LogP contribution is 2.36. The molecular formula is C24H30F3N5O4. The molecule has 2 aliphatic rings. The number of hydrogen-bond acceptors (Lipinski definition) is 7. The highest BCUT2D eigenvalue weighted by atomic mass is 19.4. The Kier molecular flexibility index (Phi) is 8.44. The second-order valence-electron chi connectivity index (χ2n) is 9.10. The molecule has 0 spiro atoms. The van der Waals surface area contributed by atoms with Crippen LogP contribution in [-0.2, 0) is 15.7 Å². The Morgan fingerprint density at radius 2 is 2.00 bits per heavy atom. The Hall–Kier alpha value is -3.15. The van der Waals surface area contributed by atoms with Gasteiger partial charge in [0.2, 0.25) is 11.8 Å². The van der Waals surface area contributed by atoms with Crippen molar-refractivity contribution >= 4 is 11.6 Å². The molecule has 0 radical (unpaired) electrons. The van der Waals surface area contributed by atoms with Gasteiger partial charge in [-0.2, -0.15) is 18.3 Å². The van der Waals surface area contributed by atoms with Crippen LogP contribution >= 0.6 is 0 Å². The zero-order valence-corrected chi connectivity index (χ0v) is 19.8. The van der Waals surface area contributed by atoms with Crippen LogP contribution in [0.1, 0.15) is 50.5 Å². The van der Waals surface area contributed by atoms with E-state index in [-0.39, 0.29) is 49.4 Å². The van der Waals surface area contributed by atoms with E-state index in [2.05, 4.69) is 15.4 Å². The predicted molar refractivity (Wildman–Crippen MR) is 125 cm³/mol. The van der Waals surface area contributed by atoms with Crippen molar-refractivity contribution in [1.29, 1.82) is 0 Å². The second kappa shape index (κ2) is 11.7. The SMILES string of the molecule is O=C(CCOC[C@@H]1CCCN1c1cn[nH]c(=O)c1C(F)(F)F)NC1CCC(Oc2ccccn2)CC1. The standard InChI is InChI=1S/C24H30F3N5O4/c25-24(26,27)22-19(14-29-31-23(22)34)32-12-3-4-17(32)15-35-13-10-20(33)30-16-6-8-18(9-7-16)36-21-5-1-2-11-28-21/h1-2,5,11,14,16-18H,3-4,6-10,12-13,15H2,(H,30,33)(H,31,34)/t16?,17-,18?/m0/s1. The average molecular weight is 510 g/mol. The van der Waals surface area contributed by atoms with Gasteiger partial charge >= 0.3 is 6.18 Å². The number of aromatic nitrogens is 3. The zero-order valence-electron chi connectivity index (χ0n) is 19.8. The van der Waals surface area contributed by atoms with Gasteiger partial charge in [0.1, 0.15) is 11.7 Å². The molecule has 1 aliphatic carbocycles. The number of rotatable bonds is 9. The number of H-pyrrole nitrogens is 1. The topological polar surface area (TPSA) is 109 Å². The minimum absolute atomic E-state index is 0.0795. The molecule has 2 N–H and O–H groups in total. The summed E-state index contributed by atoms with van der Waals surface area (Å²) in [5.74, 6) is 0.485. The molecular weight excluding hydrogens is 479 g/mol. The number of nitrogens with one attached hydrogen (secondary N) is 2. The minimum Gasteiger partial charge on any atom is -0.474 e.